The van der Waals surface area contributed by atoms with Gasteiger partial charge >= 0.3 is 0 Å². The van der Waals surface area contributed by atoms with E-state index in [4.69, 9.17) is 14.5 Å². The van der Waals surface area contributed by atoms with E-state index >= 15 is 4.39 Å². The first-order valence-electron chi connectivity index (χ1n) is 16.4. The highest BCUT2D eigenvalue weighted by Crippen LogP contribution is 2.42. The molecule has 2 atom stereocenters. The topological polar surface area (TPSA) is 138 Å². The Balaban J connectivity index is 1.56. The number of nitrogens with one attached hydrogen (secondary N) is 4. The first kappa shape index (κ1) is 34.1. The maximum Gasteiger partial charge on any atom is 0.298 e. The van der Waals surface area contributed by atoms with Crippen LogP contribution in [-0.4, -0.2) is 67.3 Å². The number of H-pyrrole nitrogens is 1. The van der Waals surface area contributed by atoms with Gasteiger partial charge in [-0.3, -0.25) is 14.4 Å². The smallest absolute Gasteiger partial charge is 0.298 e. The number of anilines is 2. The summed E-state index contributed by atoms with van der Waals surface area (Å²) in [5.74, 6) is -0.0775. The molecule has 4 N–H and O–H groups in total. The minimum Gasteiger partial charge on any atom is -0.426 e. The molecular weight excluding hydrogens is 603 g/mol. The number of hydrogen-bond acceptors (Lipinski definition) is 9. The van der Waals surface area contributed by atoms with Gasteiger partial charge in [-0.1, -0.05) is 20.8 Å². The Hall–Kier alpha value is -4.29. The highest BCUT2D eigenvalue weighted by atomic mass is 19.1. The van der Waals surface area contributed by atoms with Gasteiger partial charge in [0, 0.05) is 79.4 Å². The third kappa shape index (κ3) is 7.49. The second kappa shape index (κ2) is 15.1. The zero-order valence-corrected chi connectivity index (χ0v) is 27.8. The summed E-state index contributed by atoms with van der Waals surface area (Å²) in [6, 6.07) is 5.53. The first-order valence-corrected chi connectivity index (χ1v) is 16.4. The van der Waals surface area contributed by atoms with Crippen LogP contribution in [0, 0.1) is 19.7 Å². The molecule has 2 aromatic heterocycles. The van der Waals surface area contributed by atoms with Gasteiger partial charge in [0.15, 0.2) is 5.75 Å². The predicted octanol–water partition coefficient (Wildman–Crippen LogP) is 4.56. The van der Waals surface area contributed by atoms with Crippen LogP contribution in [0.5, 0.6) is 5.75 Å². The Bertz CT molecular complexity index is 1650. The average Bonchev–Trinajstić information content (AvgIpc) is 3.07. The van der Waals surface area contributed by atoms with Gasteiger partial charge in [-0.05, 0) is 62.8 Å². The fraction of sp³-hybridized carbons (Fsp3) is 0.486. The summed E-state index contributed by atoms with van der Waals surface area (Å²) in [6.45, 7) is 13.2. The number of amides is 1. The van der Waals surface area contributed by atoms with Crippen molar-refractivity contribution in [3.05, 3.63) is 68.5 Å². The molecule has 0 bridgehead atoms. The van der Waals surface area contributed by atoms with Gasteiger partial charge in [-0.25, -0.2) is 9.37 Å². The quantitative estimate of drug-likeness (QED) is 0.221. The molecule has 2 aliphatic rings. The number of aromatic amines is 1. The van der Waals surface area contributed by atoms with Crippen molar-refractivity contribution in [3.8, 4) is 16.9 Å². The standard InChI is InChI=1S/C35H45FN6O5/c1-6-25-15-24(9-14-46-25)41-32-21(4)26(34(44)39-18-28-30(20(2)3)31(36)22(5)40-35(28)45)16-27(33(32)47-19-43)23-7-8-29(38-17-23)42-12-10-37-11-13-42/h7-8,16-17,19-20,24-25,37,41H,6,9-15,18H2,1-5H3,(H,39,44)(H,40,45). The van der Waals surface area contributed by atoms with Gasteiger partial charge in [0.25, 0.3) is 17.9 Å². The fourth-order valence-electron chi connectivity index (χ4n) is 6.48. The third-order valence-corrected chi connectivity index (χ3v) is 9.09. The van der Waals surface area contributed by atoms with Crippen LogP contribution in [0.1, 0.15) is 78.7 Å². The Labute approximate surface area is 274 Å². The number of ether oxygens (including phenoxy) is 2. The monoisotopic (exact) mass is 648 g/mol. The second-order valence-electron chi connectivity index (χ2n) is 12.5. The summed E-state index contributed by atoms with van der Waals surface area (Å²) < 4.78 is 26.6. The summed E-state index contributed by atoms with van der Waals surface area (Å²) >= 11 is 0. The van der Waals surface area contributed by atoms with Crippen molar-refractivity contribution < 1.29 is 23.5 Å². The van der Waals surface area contributed by atoms with E-state index in [1.807, 2.05) is 26.0 Å². The number of carbonyl (C=O) groups excluding carboxylic acids is 2. The van der Waals surface area contributed by atoms with Gasteiger partial charge in [0.1, 0.15) is 11.6 Å². The molecule has 47 heavy (non-hydrogen) atoms. The van der Waals surface area contributed by atoms with Gasteiger partial charge in [0.2, 0.25) is 0 Å². The normalized spacial score (nSPS) is 18.2. The summed E-state index contributed by atoms with van der Waals surface area (Å²) in [6.07, 6.45) is 4.17. The van der Waals surface area contributed by atoms with Crippen LogP contribution < -0.4 is 31.1 Å². The van der Waals surface area contributed by atoms with Crippen LogP contribution in [0.4, 0.5) is 15.9 Å². The fourth-order valence-corrected chi connectivity index (χ4v) is 6.48. The van der Waals surface area contributed by atoms with E-state index in [-0.39, 0.29) is 41.4 Å². The zero-order chi connectivity index (χ0) is 33.7. The maximum absolute atomic E-state index is 15.1. The molecule has 2 unspecified atom stereocenters. The van der Waals surface area contributed by atoms with Crippen molar-refractivity contribution in [1.82, 2.24) is 20.6 Å². The Kier molecular flexibility index (Phi) is 10.9. The van der Waals surface area contributed by atoms with Crippen molar-refractivity contribution in [2.45, 2.75) is 78.5 Å². The van der Waals surface area contributed by atoms with Crippen LogP contribution in [-0.2, 0) is 16.1 Å². The molecule has 1 aromatic carbocycles. The summed E-state index contributed by atoms with van der Waals surface area (Å²) in [7, 11) is 0. The molecule has 0 saturated carbocycles. The molecule has 12 heteroatoms. The van der Waals surface area contributed by atoms with Gasteiger partial charge in [-0.15, -0.1) is 0 Å². The van der Waals surface area contributed by atoms with Crippen molar-refractivity contribution in [3.63, 3.8) is 0 Å². The number of carbonyl (C=O) groups is 2. The molecule has 252 valence electrons. The number of nitrogens with zero attached hydrogens (tertiary/aromatic N) is 2. The first-order chi connectivity index (χ1) is 22.6. The highest BCUT2D eigenvalue weighted by molar-refractivity contribution is 6.00. The number of aromatic nitrogens is 2. The van der Waals surface area contributed by atoms with Crippen LogP contribution in [0.2, 0.25) is 0 Å². The molecule has 4 heterocycles. The molecule has 0 aliphatic carbocycles. The van der Waals surface area contributed by atoms with Crippen LogP contribution in [0.25, 0.3) is 11.1 Å². The lowest BCUT2D eigenvalue weighted by atomic mass is 9.94. The number of rotatable bonds is 11. The molecule has 0 spiro atoms. The van der Waals surface area contributed by atoms with Gasteiger partial charge in [-0.2, -0.15) is 0 Å². The largest absolute Gasteiger partial charge is 0.426 e. The van der Waals surface area contributed by atoms with E-state index in [2.05, 4.69) is 32.8 Å². The molecule has 2 saturated heterocycles. The van der Waals surface area contributed by atoms with Crippen molar-refractivity contribution in [2.75, 3.05) is 43.0 Å². The minimum absolute atomic E-state index is 0.0171. The average molecular weight is 649 g/mol. The summed E-state index contributed by atoms with van der Waals surface area (Å²) in [4.78, 5) is 48.2. The molecule has 11 nitrogen and oxygen atoms in total. The number of halogens is 1. The van der Waals surface area contributed by atoms with Crippen molar-refractivity contribution >= 4 is 23.9 Å². The third-order valence-electron chi connectivity index (χ3n) is 9.09. The van der Waals surface area contributed by atoms with E-state index in [0.29, 0.717) is 46.8 Å². The molecule has 2 aliphatic heterocycles. The van der Waals surface area contributed by atoms with E-state index < -0.39 is 17.3 Å². The molecule has 2 fully saturated rings. The SMILES string of the molecule is CCC1CC(Nc2c(C)c(C(=O)NCc3c(C(C)C)c(F)c(C)[nH]c3=O)cc(-c3ccc(N4CCNCC4)nc3)c2OC=O)CCO1. The minimum atomic E-state index is -0.484. The number of pyridine rings is 2. The maximum atomic E-state index is 15.1. The van der Waals surface area contributed by atoms with E-state index in [0.717, 1.165) is 51.3 Å². The van der Waals surface area contributed by atoms with Gasteiger partial charge < -0.3 is 35.3 Å². The number of hydrogen-bond donors (Lipinski definition) is 4. The molecule has 0 radical (unpaired) electrons. The lowest BCUT2D eigenvalue weighted by Crippen LogP contribution is -2.43. The van der Waals surface area contributed by atoms with E-state index in [1.165, 1.54) is 6.92 Å². The summed E-state index contributed by atoms with van der Waals surface area (Å²) in [5, 5.41) is 9.77. The zero-order valence-electron chi connectivity index (χ0n) is 27.8. The Morgan fingerprint density at radius 1 is 1.26 bits per heavy atom. The van der Waals surface area contributed by atoms with Crippen LogP contribution in [0.3, 0.4) is 0 Å². The van der Waals surface area contributed by atoms with E-state index in [9.17, 15) is 14.4 Å². The number of aryl methyl sites for hydroxylation is 1. The summed E-state index contributed by atoms with van der Waals surface area (Å²) in [5.41, 5.74) is 2.76. The number of piperazine rings is 1. The Morgan fingerprint density at radius 2 is 2.02 bits per heavy atom. The molecule has 3 aromatic rings. The molecule has 1 amide bonds. The highest BCUT2D eigenvalue weighted by Gasteiger charge is 2.28. The lowest BCUT2D eigenvalue weighted by molar-refractivity contribution is -0.120. The van der Waals surface area contributed by atoms with Crippen molar-refractivity contribution in [1.29, 1.82) is 0 Å². The van der Waals surface area contributed by atoms with Crippen LogP contribution >= 0.6 is 0 Å². The van der Waals surface area contributed by atoms with E-state index in [1.54, 1.807) is 19.2 Å². The van der Waals surface area contributed by atoms with Crippen LogP contribution in [0.15, 0.2) is 29.2 Å². The van der Waals surface area contributed by atoms with Crippen molar-refractivity contribution in [2.24, 2.45) is 0 Å². The lowest BCUT2D eigenvalue weighted by Gasteiger charge is -2.32. The predicted molar refractivity (Wildman–Crippen MR) is 180 cm³/mol. The molecular formula is C35H45FN6O5. The van der Waals surface area contributed by atoms with Gasteiger partial charge in [0.05, 0.1) is 17.5 Å². The molecule has 5 rings (SSSR count). The number of benzene rings is 1. The Morgan fingerprint density at radius 3 is 2.68 bits per heavy atom. The second-order valence-corrected chi connectivity index (χ2v) is 12.5.